The summed E-state index contributed by atoms with van der Waals surface area (Å²) in [6.07, 6.45) is 11.5. The fourth-order valence-electron chi connectivity index (χ4n) is 3.67. The number of aromatic nitrogens is 2. The zero-order valence-electron chi connectivity index (χ0n) is 17.3. The van der Waals surface area contributed by atoms with E-state index in [2.05, 4.69) is 28.4 Å². The Balaban J connectivity index is 1.55. The monoisotopic (exact) mass is 389 g/mol. The molecule has 2 aromatic heterocycles. The Bertz CT molecular complexity index is 1050. The fraction of sp³-hybridized carbons (Fsp3) is 0.304. The van der Waals surface area contributed by atoms with Gasteiger partial charge in [-0.25, -0.2) is 4.98 Å². The van der Waals surface area contributed by atoms with Crippen molar-refractivity contribution in [1.82, 2.24) is 24.1 Å². The van der Waals surface area contributed by atoms with Crippen LogP contribution in [0.3, 0.4) is 0 Å². The van der Waals surface area contributed by atoms with Gasteiger partial charge in [-0.05, 0) is 56.3 Å². The van der Waals surface area contributed by atoms with Gasteiger partial charge in [0.1, 0.15) is 5.65 Å². The van der Waals surface area contributed by atoms with Gasteiger partial charge in [-0.3, -0.25) is 9.69 Å². The van der Waals surface area contributed by atoms with Crippen molar-refractivity contribution in [3.63, 3.8) is 0 Å². The number of imidazole rings is 1. The Morgan fingerprint density at radius 1 is 1.14 bits per heavy atom. The van der Waals surface area contributed by atoms with Crippen molar-refractivity contribution in [3.05, 3.63) is 78.2 Å². The lowest BCUT2D eigenvalue weighted by Crippen LogP contribution is -2.44. The molecule has 0 N–H and O–H groups in total. The molecule has 1 saturated heterocycles. The first-order chi connectivity index (χ1) is 13.9. The topological polar surface area (TPSA) is 44.1 Å². The van der Waals surface area contributed by atoms with Gasteiger partial charge in [0.15, 0.2) is 0 Å². The standard InChI is InChI=1S/C23H27N5O/c1-17(20-6-8-22-24-18(2)14-27(22)15-20)13-23(29)28-16-21(7-5-19(28)3)26-11-9-25(4)10-12-26/h5-8,13-16H,3,9-12H2,1-2,4H3/b17-13+. The highest BCUT2D eigenvalue weighted by Crippen LogP contribution is 2.22. The van der Waals surface area contributed by atoms with Crippen LogP contribution in [0.4, 0.5) is 0 Å². The largest absolute Gasteiger partial charge is 0.368 e. The van der Waals surface area contributed by atoms with E-state index in [9.17, 15) is 4.79 Å². The van der Waals surface area contributed by atoms with Crippen LogP contribution in [0.5, 0.6) is 0 Å². The summed E-state index contributed by atoms with van der Waals surface area (Å²) >= 11 is 0. The van der Waals surface area contributed by atoms with E-state index in [0.717, 1.165) is 54.4 Å². The lowest BCUT2D eigenvalue weighted by Gasteiger charge is -2.36. The highest BCUT2D eigenvalue weighted by atomic mass is 16.2. The van der Waals surface area contributed by atoms with Gasteiger partial charge in [0.2, 0.25) is 0 Å². The minimum Gasteiger partial charge on any atom is -0.368 e. The van der Waals surface area contributed by atoms with Crippen molar-refractivity contribution in [2.24, 2.45) is 0 Å². The predicted molar refractivity (Wildman–Crippen MR) is 116 cm³/mol. The van der Waals surface area contributed by atoms with Gasteiger partial charge in [-0.2, -0.15) is 0 Å². The summed E-state index contributed by atoms with van der Waals surface area (Å²) in [6.45, 7) is 11.9. The van der Waals surface area contributed by atoms with Crippen molar-refractivity contribution in [2.45, 2.75) is 13.8 Å². The van der Waals surface area contributed by atoms with Crippen molar-refractivity contribution in [3.8, 4) is 0 Å². The summed E-state index contributed by atoms with van der Waals surface area (Å²) in [5.41, 5.74) is 5.50. The molecule has 0 atom stereocenters. The predicted octanol–water partition coefficient (Wildman–Crippen LogP) is 3.05. The van der Waals surface area contributed by atoms with E-state index >= 15 is 0 Å². The van der Waals surface area contributed by atoms with Crippen molar-refractivity contribution < 1.29 is 4.79 Å². The number of amides is 1. The van der Waals surface area contributed by atoms with E-state index in [4.69, 9.17) is 0 Å². The number of carbonyl (C=O) groups excluding carboxylic acids is 1. The molecule has 2 aliphatic heterocycles. The van der Waals surface area contributed by atoms with E-state index in [0.29, 0.717) is 5.70 Å². The first-order valence-corrected chi connectivity index (χ1v) is 9.90. The highest BCUT2D eigenvalue weighted by molar-refractivity contribution is 5.96. The van der Waals surface area contributed by atoms with Gasteiger partial charge in [0.25, 0.3) is 5.91 Å². The van der Waals surface area contributed by atoms with E-state index in [1.54, 1.807) is 11.0 Å². The summed E-state index contributed by atoms with van der Waals surface area (Å²) in [6, 6.07) is 3.97. The van der Waals surface area contributed by atoms with Gasteiger partial charge in [-0.1, -0.05) is 6.58 Å². The van der Waals surface area contributed by atoms with Crippen molar-refractivity contribution in [1.29, 1.82) is 0 Å². The maximum Gasteiger partial charge on any atom is 0.255 e. The van der Waals surface area contributed by atoms with Gasteiger partial charge in [0, 0.05) is 56.5 Å². The van der Waals surface area contributed by atoms with E-state index in [1.165, 1.54) is 0 Å². The summed E-state index contributed by atoms with van der Waals surface area (Å²) < 4.78 is 1.99. The van der Waals surface area contributed by atoms with Crippen LogP contribution >= 0.6 is 0 Å². The summed E-state index contributed by atoms with van der Waals surface area (Å²) in [5.74, 6) is -0.0922. The molecular weight excluding hydrogens is 362 g/mol. The number of hydrogen-bond acceptors (Lipinski definition) is 4. The maximum atomic E-state index is 13.0. The average Bonchev–Trinajstić information content (AvgIpc) is 3.08. The molecule has 1 fully saturated rings. The first kappa shape index (κ1) is 19.2. The average molecular weight is 390 g/mol. The second-order valence-corrected chi connectivity index (χ2v) is 7.77. The van der Waals surface area contributed by atoms with E-state index in [-0.39, 0.29) is 5.91 Å². The molecule has 4 heterocycles. The Hall–Kier alpha value is -3.12. The zero-order chi connectivity index (χ0) is 20.5. The molecule has 0 aromatic carbocycles. The first-order valence-electron chi connectivity index (χ1n) is 9.90. The third kappa shape index (κ3) is 4.03. The number of fused-ring (bicyclic) bond motifs is 1. The summed E-state index contributed by atoms with van der Waals surface area (Å²) in [7, 11) is 2.14. The van der Waals surface area contributed by atoms with Crippen LogP contribution in [0.25, 0.3) is 11.2 Å². The molecule has 6 nitrogen and oxygen atoms in total. The molecule has 1 amide bonds. The van der Waals surface area contributed by atoms with E-state index < -0.39 is 0 Å². The molecule has 2 aliphatic rings. The summed E-state index contributed by atoms with van der Waals surface area (Å²) in [4.78, 5) is 23.7. The lowest BCUT2D eigenvalue weighted by atomic mass is 10.1. The number of nitrogens with zero attached hydrogens (tertiary/aromatic N) is 5. The molecule has 29 heavy (non-hydrogen) atoms. The Morgan fingerprint density at radius 3 is 2.66 bits per heavy atom. The molecule has 0 unspecified atom stereocenters. The van der Waals surface area contributed by atoms with Gasteiger partial charge in [-0.15, -0.1) is 0 Å². The van der Waals surface area contributed by atoms with Gasteiger partial charge >= 0.3 is 0 Å². The maximum absolute atomic E-state index is 13.0. The Labute approximate surface area is 171 Å². The highest BCUT2D eigenvalue weighted by Gasteiger charge is 2.21. The lowest BCUT2D eigenvalue weighted by molar-refractivity contribution is -0.122. The van der Waals surface area contributed by atoms with Crippen LogP contribution < -0.4 is 0 Å². The Kier molecular flexibility index (Phi) is 5.11. The normalized spacial score (nSPS) is 18.5. The molecular formula is C23H27N5O. The number of hydrogen-bond donors (Lipinski definition) is 0. The van der Waals surface area contributed by atoms with Crippen molar-refractivity contribution >= 4 is 17.1 Å². The number of allylic oxidation sites excluding steroid dienone is 3. The molecule has 2 aromatic rings. The van der Waals surface area contributed by atoms with E-state index in [1.807, 2.05) is 61.1 Å². The molecule has 150 valence electrons. The zero-order valence-corrected chi connectivity index (χ0v) is 17.3. The molecule has 0 aliphatic carbocycles. The smallest absolute Gasteiger partial charge is 0.255 e. The molecule has 0 radical (unpaired) electrons. The van der Waals surface area contributed by atoms with Crippen LogP contribution in [0, 0.1) is 6.92 Å². The van der Waals surface area contributed by atoms with Gasteiger partial charge < -0.3 is 14.2 Å². The third-order valence-corrected chi connectivity index (χ3v) is 5.49. The number of likely N-dealkylation sites (N-methyl/N-ethyl adjacent to an activating group) is 1. The fourth-order valence-corrected chi connectivity index (χ4v) is 3.67. The van der Waals surface area contributed by atoms with Crippen LogP contribution in [-0.2, 0) is 4.79 Å². The molecule has 0 bridgehead atoms. The molecule has 6 heteroatoms. The second kappa shape index (κ2) is 7.72. The minimum absolute atomic E-state index is 0.0922. The van der Waals surface area contributed by atoms with Crippen molar-refractivity contribution in [2.75, 3.05) is 33.2 Å². The number of rotatable bonds is 3. The van der Waals surface area contributed by atoms with Crippen LogP contribution in [-0.4, -0.2) is 63.2 Å². The molecule has 4 rings (SSSR count). The summed E-state index contributed by atoms with van der Waals surface area (Å²) in [5, 5.41) is 0. The van der Waals surface area contributed by atoms with Crippen LogP contribution in [0.2, 0.25) is 0 Å². The number of pyridine rings is 1. The minimum atomic E-state index is -0.0922. The second-order valence-electron chi connectivity index (χ2n) is 7.77. The Morgan fingerprint density at radius 2 is 1.90 bits per heavy atom. The quantitative estimate of drug-likeness (QED) is 0.757. The number of aryl methyl sites for hydroxylation is 1. The number of carbonyl (C=O) groups is 1. The van der Waals surface area contributed by atoms with Gasteiger partial charge in [0.05, 0.1) is 11.4 Å². The van der Waals surface area contributed by atoms with Crippen LogP contribution in [0.15, 0.2) is 66.9 Å². The number of piperazine rings is 1. The third-order valence-electron chi connectivity index (χ3n) is 5.49. The molecule has 0 saturated carbocycles. The molecule has 0 spiro atoms. The SMILES string of the molecule is C=C1C=CC(N2CCN(C)CC2)=CN1C(=O)/C=C(\C)c1ccc2nc(C)cn2c1. The van der Waals surface area contributed by atoms with Crippen LogP contribution in [0.1, 0.15) is 18.2 Å².